The van der Waals surface area contributed by atoms with Gasteiger partial charge in [-0.25, -0.2) is 10.8 Å². The lowest BCUT2D eigenvalue weighted by Crippen LogP contribution is -2.34. The maximum atomic E-state index is 12.9. The fourth-order valence-electron chi connectivity index (χ4n) is 5.12. The predicted octanol–water partition coefficient (Wildman–Crippen LogP) is 3.98. The maximum absolute atomic E-state index is 12.9. The van der Waals surface area contributed by atoms with E-state index < -0.39 is 0 Å². The average Bonchev–Trinajstić information content (AvgIpc) is 3.54. The molecule has 1 aliphatic heterocycles. The first-order valence-electron chi connectivity index (χ1n) is 13.8. The largest absolute Gasteiger partial charge is 0.375 e. The zero-order valence-corrected chi connectivity index (χ0v) is 27.7. The minimum atomic E-state index is -0.301. The van der Waals surface area contributed by atoms with E-state index in [4.69, 9.17) is 46.9 Å². The molecule has 0 saturated carbocycles. The summed E-state index contributed by atoms with van der Waals surface area (Å²) < 4.78 is 2.86. The van der Waals surface area contributed by atoms with Gasteiger partial charge >= 0.3 is 0 Å². The molecule has 0 saturated heterocycles. The number of fused-ring (bicyclic) bond motifs is 8. The van der Waals surface area contributed by atoms with E-state index in [1.165, 1.54) is 21.4 Å². The summed E-state index contributed by atoms with van der Waals surface area (Å²) in [5.41, 5.74) is 15.2. The number of aromatic nitrogens is 6. The number of azo groups is 1. The maximum Gasteiger partial charge on any atom is 0.266 e. The van der Waals surface area contributed by atoms with Crippen LogP contribution >= 0.6 is 47.6 Å². The highest BCUT2D eigenvalue weighted by atomic mass is 35.5. The van der Waals surface area contributed by atoms with E-state index in [2.05, 4.69) is 48.2 Å². The van der Waals surface area contributed by atoms with Crippen molar-refractivity contribution in [2.75, 3.05) is 0 Å². The van der Waals surface area contributed by atoms with Gasteiger partial charge in [-0.05, 0) is 73.0 Å². The summed E-state index contributed by atoms with van der Waals surface area (Å²) in [4.78, 5) is 53.1. The second-order valence-electron chi connectivity index (χ2n) is 10.1. The van der Waals surface area contributed by atoms with Gasteiger partial charge in [0.05, 0.1) is 51.0 Å². The van der Waals surface area contributed by atoms with Crippen LogP contribution in [0, 0.1) is 0 Å². The van der Waals surface area contributed by atoms with Crippen LogP contribution in [0.15, 0.2) is 93.1 Å². The van der Waals surface area contributed by atoms with Crippen molar-refractivity contribution in [2.24, 2.45) is 27.5 Å². The molecule has 6 heterocycles. The van der Waals surface area contributed by atoms with Crippen molar-refractivity contribution >= 4 is 108 Å². The fourth-order valence-corrected chi connectivity index (χ4v) is 5.51. The van der Waals surface area contributed by atoms with Crippen LogP contribution in [0.3, 0.4) is 0 Å². The molecule has 2 aromatic carbocycles. The van der Waals surface area contributed by atoms with Gasteiger partial charge in [0, 0.05) is 27.8 Å². The zero-order chi connectivity index (χ0) is 35.0. The lowest BCUT2D eigenvalue weighted by atomic mass is 10.1. The Balaban J connectivity index is 0.000000152. The third-order valence-corrected chi connectivity index (χ3v) is 7.79. The van der Waals surface area contributed by atoms with Gasteiger partial charge in [0.25, 0.3) is 11.1 Å². The third-order valence-electron chi connectivity index (χ3n) is 7.12. The first kappa shape index (κ1) is 33.2. The first-order valence-corrected chi connectivity index (χ1v) is 15.4. The number of ketones is 1. The number of nitrogens with one attached hydrogen (secondary N) is 2. The minimum absolute atomic E-state index is 0.102. The molecule has 244 valence electrons. The smallest absolute Gasteiger partial charge is 0.266 e. The van der Waals surface area contributed by atoms with Crippen molar-refractivity contribution in [3.8, 4) is 5.69 Å². The molecule has 0 amide bonds. The van der Waals surface area contributed by atoms with E-state index in [9.17, 15) is 14.4 Å². The number of hydrogen-bond donors (Lipinski definition) is 5. The second-order valence-corrected chi connectivity index (χ2v) is 11.8. The molecule has 8 N–H and O–H groups in total. The van der Waals surface area contributed by atoms with Gasteiger partial charge in [-0.2, -0.15) is 0 Å². The molecular weight excluding hydrogens is 711 g/mol. The summed E-state index contributed by atoms with van der Waals surface area (Å²) in [5, 5.41) is 10.4. The molecule has 19 heteroatoms. The Morgan fingerprint density at radius 1 is 0.878 bits per heavy atom. The van der Waals surface area contributed by atoms with E-state index in [1.54, 1.807) is 60.9 Å². The number of carbonyl (C=O) groups excluding carboxylic acids is 1. The molecular formula is C30H20Cl2N12O3S2. The van der Waals surface area contributed by atoms with Crippen LogP contribution in [0.25, 0.3) is 44.0 Å². The number of nitrogens with two attached hydrogens (primary N) is 3. The van der Waals surface area contributed by atoms with E-state index in [0.717, 1.165) is 0 Å². The van der Waals surface area contributed by atoms with Crippen molar-refractivity contribution in [1.82, 2.24) is 34.3 Å². The molecule has 0 unspecified atom stereocenters. The van der Waals surface area contributed by atoms with E-state index in [-0.39, 0.29) is 33.0 Å². The van der Waals surface area contributed by atoms with Crippen molar-refractivity contribution < 1.29 is 4.79 Å². The van der Waals surface area contributed by atoms with Gasteiger partial charge in [-0.15, -0.1) is 10.2 Å². The Hall–Kier alpha value is -5.72. The number of carbonyl (C=O) groups is 1. The van der Waals surface area contributed by atoms with Crippen molar-refractivity contribution in [1.29, 1.82) is 0 Å². The molecule has 0 bridgehead atoms. The zero-order valence-electron chi connectivity index (χ0n) is 24.6. The Morgan fingerprint density at radius 3 is 2.27 bits per heavy atom. The van der Waals surface area contributed by atoms with Crippen LogP contribution in [0.5, 0.6) is 0 Å². The summed E-state index contributed by atoms with van der Waals surface area (Å²) in [6, 6.07) is 13.3. The van der Waals surface area contributed by atoms with Gasteiger partial charge < -0.3 is 21.9 Å². The molecule has 0 spiro atoms. The number of pyridine rings is 2. The Morgan fingerprint density at radius 2 is 1.55 bits per heavy atom. The van der Waals surface area contributed by atoms with E-state index in [0.29, 0.717) is 65.3 Å². The van der Waals surface area contributed by atoms with Crippen LogP contribution in [0.2, 0.25) is 10.0 Å². The lowest BCUT2D eigenvalue weighted by Gasteiger charge is -2.04. The fraction of sp³-hybridized carbons (Fsp3) is 0. The van der Waals surface area contributed by atoms with E-state index >= 15 is 0 Å². The highest BCUT2D eigenvalue weighted by Crippen LogP contribution is 2.35. The monoisotopic (exact) mass is 730 g/mol. The standard InChI is InChI=1S/C15H9ClN6OS.C14H6ClN3O2.CH5N3S/c16-7-1-2-11-9(5-7)12(20-21-15(17)24)13-19-10-6-18-4-3-8(10)14(23)22(11)13;15-7-1-2-11-9(5-7)12(19)13-17-10-6-16-4-3-8(10)14(20)18(11)13;2-1(5)4-3/h1-6,19H,(H2,17,24);1-6H;3H2,(H3,2,4,5). The van der Waals surface area contributed by atoms with Crippen LogP contribution in [0.1, 0.15) is 16.2 Å². The number of rotatable bonds is 1. The van der Waals surface area contributed by atoms with Crippen molar-refractivity contribution in [3.63, 3.8) is 0 Å². The molecule has 15 nitrogen and oxygen atoms in total. The number of H-pyrrole nitrogens is 1. The quantitative estimate of drug-likeness (QED) is 0.0699. The van der Waals surface area contributed by atoms with Gasteiger partial charge in [0.2, 0.25) is 10.9 Å². The van der Waals surface area contributed by atoms with E-state index in [1.807, 2.05) is 5.43 Å². The number of nitrogens with zero attached hydrogens (tertiary/aromatic N) is 7. The number of benzene rings is 2. The first-order chi connectivity index (χ1) is 23.5. The molecule has 1 aliphatic rings. The number of hydrogen-bond acceptors (Lipinski definition) is 10. The summed E-state index contributed by atoms with van der Waals surface area (Å²) in [7, 11) is 0. The molecule has 49 heavy (non-hydrogen) atoms. The number of halogens is 2. The normalized spacial score (nSPS) is 11.6. The Kier molecular flexibility index (Phi) is 9.09. The highest BCUT2D eigenvalue weighted by Gasteiger charge is 2.30. The lowest BCUT2D eigenvalue weighted by molar-refractivity contribution is 0.103. The third kappa shape index (κ3) is 6.19. The number of aromatic amines is 1. The molecule has 7 aromatic rings. The summed E-state index contributed by atoms with van der Waals surface area (Å²) >= 11 is 21.0. The number of thiocarbonyl (C=S) groups is 2. The van der Waals surface area contributed by atoms with Gasteiger partial charge in [0.15, 0.2) is 10.9 Å². The van der Waals surface area contributed by atoms with Crippen LogP contribution in [0.4, 0.5) is 5.69 Å². The number of hydrazine groups is 1. The summed E-state index contributed by atoms with van der Waals surface area (Å²) in [5.74, 6) is 4.46. The van der Waals surface area contributed by atoms with Crippen molar-refractivity contribution in [2.45, 2.75) is 0 Å². The predicted molar refractivity (Wildman–Crippen MR) is 195 cm³/mol. The second kappa shape index (κ2) is 13.4. The summed E-state index contributed by atoms with van der Waals surface area (Å²) in [6.45, 7) is 0. The van der Waals surface area contributed by atoms with Gasteiger partial charge in [-0.3, -0.25) is 33.3 Å². The van der Waals surface area contributed by atoms with Crippen molar-refractivity contribution in [3.05, 3.63) is 115 Å². The van der Waals surface area contributed by atoms with Crippen LogP contribution in [-0.4, -0.2) is 44.9 Å². The molecule has 5 aromatic heterocycles. The molecule has 0 atom stereocenters. The SMILES string of the molecule is NC(=S)N=Nc1c2cc(Cl)ccc2n2c(=O)c3ccncc3[nH]c12.NNC(N)=S.O=C1c2cc(Cl)ccc2-n2c1nc1cnccc1c2=O. The van der Waals surface area contributed by atoms with Gasteiger partial charge in [-0.1, -0.05) is 23.2 Å². The average molecular weight is 732 g/mol. The Bertz CT molecular complexity index is 2670. The van der Waals surface area contributed by atoms with Crippen LogP contribution in [-0.2, 0) is 0 Å². The minimum Gasteiger partial charge on any atom is -0.375 e. The van der Waals surface area contributed by atoms with Gasteiger partial charge in [0.1, 0.15) is 11.3 Å². The molecule has 0 fully saturated rings. The molecule has 0 aliphatic carbocycles. The molecule has 0 radical (unpaired) electrons. The summed E-state index contributed by atoms with van der Waals surface area (Å²) in [6.07, 6.45) is 6.15. The highest BCUT2D eigenvalue weighted by molar-refractivity contribution is 7.80. The Labute approximate surface area is 294 Å². The van der Waals surface area contributed by atoms with Crippen LogP contribution < -0.4 is 33.9 Å². The topological polar surface area (TPSA) is 230 Å². The molecule has 8 rings (SSSR count).